The number of benzene rings is 2. The third-order valence-corrected chi connectivity index (χ3v) is 6.69. The summed E-state index contributed by atoms with van der Waals surface area (Å²) in [4.78, 5) is 14.4. The Bertz CT molecular complexity index is 850. The third-order valence-electron chi connectivity index (χ3n) is 6.20. The largest absolute Gasteiger partial charge is 0.316 e. The maximum atomic E-state index is 13.2. The summed E-state index contributed by atoms with van der Waals surface area (Å²) < 4.78 is 16.0. The monoisotopic (exact) mass is 413 g/mol. The highest BCUT2D eigenvalue weighted by Gasteiger charge is 2.27. The van der Waals surface area contributed by atoms with Crippen LogP contribution in [0.1, 0.15) is 47.8 Å². The number of carbonyl (C=O) groups is 1. The molecule has 0 bridgehead atoms. The van der Waals surface area contributed by atoms with Crippen molar-refractivity contribution in [2.45, 2.75) is 37.5 Å². The van der Waals surface area contributed by atoms with Gasteiger partial charge in [0.15, 0.2) is 0 Å². The molecule has 1 saturated heterocycles. The van der Waals surface area contributed by atoms with Gasteiger partial charge in [-0.1, -0.05) is 18.2 Å². The molecule has 154 valence electrons. The van der Waals surface area contributed by atoms with Gasteiger partial charge in [0, 0.05) is 24.2 Å². The van der Waals surface area contributed by atoms with Crippen LogP contribution < -0.4 is 10.0 Å². The minimum atomic E-state index is -0.161. The average Bonchev–Trinajstić information content (AvgIpc) is 3.11. The van der Waals surface area contributed by atoms with Crippen molar-refractivity contribution >= 4 is 22.9 Å². The molecule has 4 rings (SSSR count). The SMILES string of the molecule is CNSC(=O)Nc1ccc2c(c1)C(CN1CCC(c3ccc(F)cc3)CC1)CC2. The molecule has 2 aromatic carbocycles. The van der Waals surface area contributed by atoms with Crippen molar-refractivity contribution in [3.05, 3.63) is 65.0 Å². The van der Waals surface area contributed by atoms with E-state index in [-0.39, 0.29) is 11.1 Å². The Labute approximate surface area is 176 Å². The Hall–Kier alpha value is -1.89. The van der Waals surface area contributed by atoms with Crippen molar-refractivity contribution in [2.75, 3.05) is 32.0 Å². The minimum absolute atomic E-state index is 0.0927. The molecule has 1 amide bonds. The van der Waals surface area contributed by atoms with Gasteiger partial charge in [-0.3, -0.25) is 9.52 Å². The number of nitrogens with zero attached hydrogens (tertiary/aromatic N) is 1. The van der Waals surface area contributed by atoms with Gasteiger partial charge in [0.05, 0.1) is 0 Å². The second-order valence-electron chi connectivity index (χ2n) is 7.99. The lowest BCUT2D eigenvalue weighted by atomic mass is 9.89. The first-order valence-corrected chi connectivity index (χ1v) is 11.2. The van der Waals surface area contributed by atoms with Gasteiger partial charge >= 0.3 is 0 Å². The first-order valence-electron chi connectivity index (χ1n) is 10.4. The summed E-state index contributed by atoms with van der Waals surface area (Å²) in [5.74, 6) is 0.904. The number of hydrogen-bond donors (Lipinski definition) is 2. The molecule has 6 heteroatoms. The Morgan fingerprint density at radius 3 is 2.62 bits per heavy atom. The van der Waals surface area contributed by atoms with E-state index in [9.17, 15) is 9.18 Å². The van der Waals surface area contributed by atoms with E-state index in [1.807, 2.05) is 18.2 Å². The minimum Gasteiger partial charge on any atom is -0.316 e. The molecule has 4 nitrogen and oxygen atoms in total. The van der Waals surface area contributed by atoms with Gasteiger partial charge in [-0.25, -0.2) is 4.39 Å². The van der Waals surface area contributed by atoms with Crippen LogP contribution in [0.25, 0.3) is 0 Å². The molecule has 2 N–H and O–H groups in total. The number of halogens is 1. The molecule has 2 aromatic rings. The van der Waals surface area contributed by atoms with Gasteiger partial charge in [0.25, 0.3) is 5.24 Å². The number of aryl methyl sites for hydroxylation is 1. The van der Waals surface area contributed by atoms with Crippen LogP contribution in [-0.4, -0.2) is 36.8 Å². The summed E-state index contributed by atoms with van der Waals surface area (Å²) in [5, 5.41) is 2.85. The third kappa shape index (κ3) is 5.00. The number of hydrogen-bond acceptors (Lipinski definition) is 4. The van der Waals surface area contributed by atoms with Gasteiger partial charge in [0.1, 0.15) is 5.82 Å². The van der Waals surface area contributed by atoms with E-state index in [2.05, 4.69) is 27.1 Å². The zero-order chi connectivity index (χ0) is 20.2. The Morgan fingerprint density at radius 2 is 1.90 bits per heavy atom. The maximum Gasteiger partial charge on any atom is 0.298 e. The molecule has 1 aliphatic carbocycles. The van der Waals surface area contributed by atoms with E-state index in [1.54, 1.807) is 19.2 Å². The van der Waals surface area contributed by atoms with Crippen LogP contribution in [0.2, 0.25) is 0 Å². The Kier molecular flexibility index (Phi) is 6.53. The molecular weight excluding hydrogens is 385 g/mol. The maximum absolute atomic E-state index is 13.2. The van der Waals surface area contributed by atoms with Gasteiger partial charge in [-0.15, -0.1) is 0 Å². The Balaban J connectivity index is 1.35. The molecule has 1 unspecified atom stereocenters. The van der Waals surface area contributed by atoms with Crippen LogP contribution in [0.3, 0.4) is 0 Å². The van der Waals surface area contributed by atoms with Crippen LogP contribution in [-0.2, 0) is 6.42 Å². The fourth-order valence-electron chi connectivity index (χ4n) is 4.69. The highest BCUT2D eigenvalue weighted by Crippen LogP contribution is 2.37. The fourth-order valence-corrected chi connectivity index (χ4v) is 5.04. The van der Waals surface area contributed by atoms with Crippen molar-refractivity contribution in [3.63, 3.8) is 0 Å². The van der Waals surface area contributed by atoms with Crippen LogP contribution >= 0.6 is 11.9 Å². The van der Waals surface area contributed by atoms with E-state index >= 15 is 0 Å². The summed E-state index contributed by atoms with van der Waals surface area (Å²) in [6, 6.07) is 13.3. The fraction of sp³-hybridized carbons (Fsp3) is 0.435. The molecule has 0 spiro atoms. The van der Waals surface area contributed by atoms with Crippen LogP contribution in [0.5, 0.6) is 0 Å². The summed E-state index contributed by atoms with van der Waals surface area (Å²) in [5.41, 5.74) is 4.93. The summed E-state index contributed by atoms with van der Waals surface area (Å²) in [6.45, 7) is 3.25. The first-order chi connectivity index (χ1) is 14.1. The molecule has 1 atom stereocenters. The lowest BCUT2D eigenvalue weighted by molar-refractivity contribution is 0.200. The number of likely N-dealkylation sites (tertiary alicyclic amines) is 1. The van der Waals surface area contributed by atoms with Crippen LogP contribution in [0.15, 0.2) is 42.5 Å². The van der Waals surface area contributed by atoms with Gasteiger partial charge < -0.3 is 10.2 Å². The average molecular weight is 414 g/mol. The van der Waals surface area contributed by atoms with Crippen molar-refractivity contribution in [1.82, 2.24) is 9.62 Å². The van der Waals surface area contributed by atoms with Crippen molar-refractivity contribution < 1.29 is 9.18 Å². The number of rotatable bonds is 5. The number of nitrogens with one attached hydrogen (secondary N) is 2. The first kappa shape index (κ1) is 20.4. The second kappa shape index (κ2) is 9.28. The molecule has 0 radical (unpaired) electrons. The van der Waals surface area contributed by atoms with Crippen molar-refractivity contribution in [1.29, 1.82) is 0 Å². The van der Waals surface area contributed by atoms with Crippen LogP contribution in [0.4, 0.5) is 14.9 Å². The predicted molar refractivity (Wildman–Crippen MR) is 118 cm³/mol. The highest BCUT2D eigenvalue weighted by atomic mass is 32.2. The molecule has 0 saturated carbocycles. The van der Waals surface area contributed by atoms with Gasteiger partial charge in [0.2, 0.25) is 0 Å². The normalized spacial score (nSPS) is 19.9. The quantitative estimate of drug-likeness (QED) is 0.667. The highest BCUT2D eigenvalue weighted by molar-refractivity contribution is 8.12. The van der Waals surface area contributed by atoms with Crippen molar-refractivity contribution in [3.8, 4) is 0 Å². The number of carbonyl (C=O) groups excluding carboxylic acids is 1. The summed E-state index contributed by atoms with van der Waals surface area (Å²) in [7, 11) is 1.74. The predicted octanol–water partition coefficient (Wildman–Crippen LogP) is 5.13. The van der Waals surface area contributed by atoms with Crippen molar-refractivity contribution in [2.24, 2.45) is 0 Å². The number of piperidine rings is 1. The van der Waals surface area contributed by atoms with Crippen LogP contribution in [0, 0.1) is 5.82 Å². The van der Waals surface area contributed by atoms with E-state index in [0.29, 0.717) is 11.8 Å². The molecule has 0 aromatic heterocycles. The topological polar surface area (TPSA) is 44.4 Å². The zero-order valence-electron chi connectivity index (χ0n) is 16.8. The molecule has 1 heterocycles. The van der Waals surface area contributed by atoms with E-state index < -0.39 is 0 Å². The molecule has 1 fully saturated rings. The van der Waals surface area contributed by atoms with Gasteiger partial charge in [-0.2, -0.15) is 0 Å². The lowest BCUT2D eigenvalue weighted by Gasteiger charge is -2.34. The summed E-state index contributed by atoms with van der Waals surface area (Å²) >= 11 is 1.06. The molecule has 1 aliphatic heterocycles. The van der Waals surface area contributed by atoms with E-state index in [1.165, 1.54) is 23.1 Å². The standard InChI is InChI=1S/C23H28FN3OS/c1-25-29-23(28)26-21-9-6-18-2-3-19(22(18)14-21)15-27-12-10-17(11-13-27)16-4-7-20(24)8-5-16/h4-9,14,17,19,25H,2-3,10-13,15H2,1H3,(H,26,28). The van der Waals surface area contributed by atoms with E-state index in [4.69, 9.17) is 0 Å². The lowest BCUT2D eigenvalue weighted by Crippen LogP contribution is -2.35. The summed E-state index contributed by atoms with van der Waals surface area (Å²) in [6.07, 6.45) is 4.55. The molecule has 29 heavy (non-hydrogen) atoms. The second-order valence-corrected chi connectivity index (χ2v) is 8.98. The Morgan fingerprint density at radius 1 is 1.14 bits per heavy atom. The number of fused-ring (bicyclic) bond motifs is 1. The molecular formula is C23H28FN3OS. The van der Waals surface area contributed by atoms with Gasteiger partial charge in [-0.05, 0) is 98.6 Å². The van der Waals surface area contributed by atoms with E-state index in [0.717, 1.165) is 56.5 Å². The number of amides is 1. The number of anilines is 1. The smallest absolute Gasteiger partial charge is 0.298 e. The zero-order valence-corrected chi connectivity index (χ0v) is 17.6. The molecule has 2 aliphatic rings.